The molecule has 0 saturated carbocycles. The smallest absolute Gasteiger partial charge is 0.186 e. The van der Waals surface area contributed by atoms with Crippen LogP contribution in [0.15, 0.2) is 5.38 Å². The Labute approximate surface area is 147 Å². The first-order chi connectivity index (χ1) is 11.6. The standard InChI is InChI=1S/C18H25N3O2S/c1-12(2)9-14-10-24-17-15(14)16(19-13(3)20-17)21-6-4-5-18(11-21)22-7-8-23-18/h10,12H,4-9,11H2,1-3H3. The zero-order valence-corrected chi connectivity index (χ0v) is 15.5. The molecule has 0 aromatic carbocycles. The summed E-state index contributed by atoms with van der Waals surface area (Å²) in [5, 5.41) is 3.49. The topological polar surface area (TPSA) is 47.5 Å². The van der Waals surface area contributed by atoms with Crippen LogP contribution in [0.4, 0.5) is 5.82 Å². The molecule has 0 amide bonds. The zero-order valence-electron chi connectivity index (χ0n) is 14.7. The maximum Gasteiger partial charge on any atom is 0.186 e. The quantitative estimate of drug-likeness (QED) is 0.850. The van der Waals surface area contributed by atoms with E-state index in [0.717, 1.165) is 48.8 Å². The SMILES string of the molecule is Cc1nc(N2CCCC3(C2)OCCO3)c2c(CC(C)C)csc2n1. The molecular formula is C18H25N3O2S. The Bertz CT molecular complexity index is 737. The largest absolute Gasteiger partial charge is 0.351 e. The number of nitrogens with zero attached hydrogens (tertiary/aromatic N) is 3. The van der Waals surface area contributed by atoms with E-state index in [4.69, 9.17) is 14.5 Å². The minimum atomic E-state index is -0.433. The van der Waals surface area contributed by atoms with E-state index in [1.165, 1.54) is 10.9 Å². The molecule has 0 N–H and O–H groups in total. The van der Waals surface area contributed by atoms with Gasteiger partial charge in [-0.3, -0.25) is 0 Å². The third kappa shape index (κ3) is 2.91. The second kappa shape index (κ2) is 6.24. The summed E-state index contributed by atoms with van der Waals surface area (Å²) in [7, 11) is 0. The molecule has 5 nitrogen and oxygen atoms in total. The van der Waals surface area contributed by atoms with Crippen LogP contribution in [0.5, 0.6) is 0 Å². The van der Waals surface area contributed by atoms with Crippen LogP contribution in [0.1, 0.15) is 38.1 Å². The molecule has 130 valence electrons. The molecule has 2 aromatic heterocycles. The van der Waals surface area contributed by atoms with Crippen molar-refractivity contribution in [2.75, 3.05) is 31.2 Å². The van der Waals surface area contributed by atoms with Crippen molar-refractivity contribution in [1.29, 1.82) is 0 Å². The van der Waals surface area contributed by atoms with Crippen LogP contribution in [0, 0.1) is 12.8 Å². The number of hydrogen-bond acceptors (Lipinski definition) is 6. The Morgan fingerprint density at radius 3 is 2.83 bits per heavy atom. The fourth-order valence-electron chi connectivity index (χ4n) is 3.81. The highest BCUT2D eigenvalue weighted by atomic mass is 32.1. The molecule has 0 radical (unpaired) electrons. The van der Waals surface area contributed by atoms with Crippen LogP contribution < -0.4 is 4.90 Å². The first-order valence-electron chi connectivity index (χ1n) is 8.84. The minimum absolute atomic E-state index is 0.433. The van der Waals surface area contributed by atoms with Gasteiger partial charge < -0.3 is 14.4 Å². The molecule has 1 spiro atoms. The predicted octanol–water partition coefficient (Wildman–Crippen LogP) is 3.54. The van der Waals surface area contributed by atoms with Crippen LogP contribution in [0.3, 0.4) is 0 Å². The third-order valence-corrected chi connectivity index (χ3v) is 5.68. The van der Waals surface area contributed by atoms with Crippen molar-refractivity contribution < 1.29 is 9.47 Å². The Balaban J connectivity index is 1.75. The maximum atomic E-state index is 5.95. The van der Waals surface area contributed by atoms with Gasteiger partial charge in [-0.1, -0.05) is 13.8 Å². The van der Waals surface area contributed by atoms with Gasteiger partial charge in [0.2, 0.25) is 0 Å². The van der Waals surface area contributed by atoms with Crippen molar-refractivity contribution in [2.24, 2.45) is 5.92 Å². The van der Waals surface area contributed by atoms with Gasteiger partial charge >= 0.3 is 0 Å². The van der Waals surface area contributed by atoms with Gasteiger partial charge in [0.05, 0.1) is 25.1 Å². The fourth-order valence-corrected chi connectivity index (χ4v) is 4.80. The Hall–Kier alpha value is -1.24. The van der Waals surface area contributed by atoms with Gasteiger partial charge in [0.25, 0.3) is 0 Å². The molecular weight excluding hydrogens is 322 g/mol. The van der Waals surface area contributed by atoms with Crippen molar-refractivity contribution in [3.63, 3.8) is 0 Å². The average Bonchev–Trinajstić information content (AvgIpc) is 3.14. The van der Waals surface area contributed by atoms with E-state index in [9.17, 15) is 0 Å². The van der Waals surface area contributed by atoms with E-state index in [0.29, 0.717) is 19.1 Å². The summed E-state index contributed by atoms with van der Waals surface area (Å²) in [6.45, 7) is 9.65. The first-order valence-corrected chi connectivity index (χ1v) is 9.72. The summed E-state index contributed by atoms with van der Waals surface area (Å²) in [6.07, 6.45) is 3.10. The van der Waals surface area contributed by atoms with Gasteiger partial charge in [0, 0.05) is 13.0 Å². The van der Waals surface area contributed by atoms with Crippen LogP contribution in [-0.4, -0.2) is 42.1 Å². The van der Waals surface area contributed by atoms with Crippen molar-refractivity contribution in [1.82, 2.24) is 9.97 Å². The third-order valence-electron chi connectivity index (χ3n) is 4.76. The van der Waals surface area contributed by atoms with Crippen molar-refractivity contribution in [2.45, 2.75) is 45.8 Å². The summed E-state index contributed by atoms with van der Waals surface area (Å²) in [5.41, 5.74) is 1.37. The van der Waals surface area contributed by atoms with Gasteiger partial charge in [-0.2, -0.15) is 0 Å². The van der Waals surface area contributed by atoms with Gasteiger partial charge in [0.15, 0.2) is 5.79 Å². The number of thiophene rings is 1. The van der Waals surface area contributed by atoms with Crippen molar-refractivity contribution >= 4 is 27.4 Å². The Kier molecular flexibility index (Phi) is 4.22. The van der Waals surface area contributed by atoms with Gasteiger partial charge in [-0.25, -0.2) is 9.97 Å². The fraction of sp³-hybridized carbons (Fsp3) is 0.667. The molecule has 0 atom stereocenters. The second-order valence-electron chi connectivity index (χ2n) is 7.27. The van der Waals surface area contributed by atoms with Crippen molar-refractivity contribution in [3.8, 4) is 0 Å². The highest BCUT2D eigenvalue weighted by molar-refractivity contribution is 7.17. The van der Waals surface area contributed by atoms with E-state index in [-0.39, 0.29) is 0 Å². The van der Waals surface area contributed by atoms with E-state index in [1.807, 2.05) is 6.92 Å². The molecule has 2 aromatic rings. The zero-order chi connectivity index (χ0) is 16.7. The molecule has 4 heterocycles. The first kappa shape index (κ1) is 16.2. The number of hydrogen-bond donors (Lipinski definition) is 0. The maximum absolute atomic E-state index is 5.95. The van der Waals surface area contributed by atoms with E-state index >= 15 is 0 Å². The lowest BCUT2D eigenvalue weighted by molar-refractivity contribution is -0.161. The molecule has 6 heteroatoms. The highest BCUT2D eigenvalue weighted by Gasteiger charge is 2.41. The van der Waals surface area contributed by atoms with Crippen LogP contribution in [0.25, 0.3) is 10.2 Å². The molecule has 2 saturated heterocycles. The lowest BCUT2D eigenvalue weighted by atomic mass is 10.0. The normalized spacial score (nSPS) is 20.6. The highest BCUT2D eigenvalue weighted by Crippen LogP contribution is 2.37. The molecule has 0 aliphatic carbocycles. The summed E-state index contributed by atoms with van der Waals surface area (Å²) < 4.78 is 11.9. The number of anilines is 1. The van der Waals surface area contributed by atoms with Gasteiger partial charge in [-0.15, -0.1) is 11.3 Å². The summed E-state index contributed by atoms with van der Waals surface area (Å²) in [6, 6.07) is 0. The molecule has 0 unspecified atom stereocenters. The number of fused-ring (bicyclic) bond motifs is 1. The van der Waals surface area contributed by atoms with E-state index in [2.05, 4.69) is 29.1 Å². The number of ether oxygens (including phenoxy) is 2. The van der Waals surface area contributed by atoms with Gasteiger partial charge in [-0.05, 0) is 36.6 Å². The molecule has 2 aliphatic heterocycles. The van der Waals surface area contributed by atoms with E-state index in [1.54, 1.807) is 11.3 Å². The Morgan fingerprint density at radius 2 is 2.08 bits per heavy atom. The number of aromatic nitrogens is 2. The predicted molar refractivity (Wildman–Crippen MR) is 96.8 cm³/mol. The monoisotopic (exact) mass is 347 g/mol. The molecule has 2 aliphatic rings. The second-order valence-corrected chi connectivity index (χ2v) is 8.12. The van der Waals surface area contributed by atoms with Crippen molar-refractivity contribution in [3.05, 3.63) is 16.8 Å². The minimum Gasteiger partial charge on any atom is -0.351 e. The number of rotatable bonds is 3. The van der Waals surface area contributed by atoms with E-state index < -0.39 is 5.79 Å². The summed E-state index contributed by atoms with van der Waals surface area (Å²) in [4.78, 5) is 12.9. The number of aryl methyl sites for hydroxylation is 1. The molecule has 24 heavy (non-hydrogen) atoms. The van der Waals surface area contributed by atoms with Gasteiger partial charge in [0.1, 0.15) is 16.5 Å². The molecule has 0 bridgehead atoms. The lowest BCUT2D eigenvalue weighted by Crippen LogP contribution is -2.49. The lowest BCUT2D eigenvalue weighted by Gasteiger charge is -2.39. The average molecular weight is 347 g/mol. The molecule has 4 rings (SSSR count). The number of piperidine rings is 1. The van der Waals surface area contributed by atoms with Crippen LogP contribution >= 0.6 is 11.3 Å². The molecule has 2 fully saturated rings. The summed E-state index contributed by atoms with van der Waals surface area (Å²) in [5.74, 6) is 2.08. The van der Waals surface area contributed by atoms with Crippen LogP contribution in [0.2, 0.25) is 0 Å². The Morgan fingerprint density at radius 1 is 1.29 bits per heavy atom. The van der Waals surface area contributed by atoms with Crippen LogP contribution in [-0.2, 0) is 15.9 Å². The summed E-state index contributed by atoms with van der Waals surface area (Å²) >= 11 is 1.73.